The van der Waals surface area contributed by atoms with Crippen molar-refractivity contribution >= 4 is 48.3 Å². The molecule has 4 heterocycles. The lowest BCUT2D eigenvalue weighted by atomic mass is 9.82. The van der Waals surface area contributed by atoms with Crippen molar-refractivity contribution in [2.75, 3.05) is 37.6 Å². The molecule has 0 aliphatic carbocycles. The molecule has 6 N–H and O–H groups in total. The van der Waals surface area contributed by atoms with Crippen LogP contribution in [-0.2, 0) is 52.0 Å². The molecular weight excluding hydrogens is 819 g/mol. The number of aliphatic hydroxyl groups is 5. The molecule has 2 saturated heterocycles. The standard InChI is InChI=1S/C45H57N3O13Si/c1-25-41(62(4,5)31-16-14-30(58-2)15-17-31)34(22-35(50)48-23-27-11-7-6-10-26(27)20-29(48)24-49)61-45(25)32-21-28(46-42(55)40-38(53)37(52)39(54)43(56)60-40)13-18-33(32)47(44(45)57)19-9-8-12-36(51)59-3/h6-7,10-11,13-18,21,25,29,34,37-41,43,49,52-54,56H,8-9,12,19-20,22-24H2,1-5H3,(H,46,55)/t25-,29-,34+,37-,38-,39+,40-,41-,43+,45+/m0/s1. The molecule has 0 aromatic heterocycles. The summed E-state index contributed by atoms with van der Waals surface area (Å²) in [7, 11) is 0.197. The van der Waals surface area contributed by atoms with Crippen molar-refractivity contribution in [3.8, 4) is 5.75 Å². The smallest absolute Gasteiger partial charge is 0.305 e. The quantitative estimate of drug-likeness (QED) is 0.0818. The summed E-state index contributed by atoms with van der Waals surface area (Å²) in [5.74, 6) is -1.71. The van der Waals surface area contributed by atoms with Crippen LogP contribution in [-0.4, -0.2) is 132 Å². The number of hydrogen-bond donors (Lipinski definition) is 6. The molecule has 0 bridgehead atoms. The third-order valence-electron chi connectivity index (χ3n) is 13.5. The Balaban J connectivity index is 1.28. The highest BCUT2D eigenvalue weighted by Crippen LogP contribution is 2.60. The number of amides is 3. The SMILES string of the molecule is COC(=O)CCCCN1C(=O)[C@]2(O[C@H](CC(=O)N3Cc4ccccc4C[C@H]3CO)[C@@H]([Si](C)(C)c3ccc(OC)cc3)[C@@H]2C)c2cc(NC(=O)[C@H]3O[C@@H](O)[C@H](O)[C@@H](O)[C@@H]3O)ccc21. The highest BCUT2D eigenvalue weighted by Gasteiger charge is 2.66. The summed E-state index contributed by atoms with van der Waals surface area (Å²) in [6.45, 7) is 6.67. The van der Waals surface area contributed by atoms with Crippen LogP contribution in [0.2, 0.25) is 18.6 Å². The molecule has 16 nitrogen and oxygen atoms in total. The maximum absolute atomic E-state index is 15.3. The maximum Gasteiger partial charge on any atom is 0.305 e. The summed E-state index contributed by atoms with van der Waals surface area (Å²) in [5.41, 5.74) is 1.24. The molecule has 0 saturated carbocycles. The van der Waals surface area contributed by atoms with E-state index in [9.17, 15) is 39.9 Å². The Morgan fingerprint density at radius 3 is 2.32 bits per heavy atom. The van der Waals surface area contributed by atoms with Gasteiger partial charge < -0.3 is 59.6 Å². The van der Waals surface area contributed by atoms with E-state index >= 15 is 4.79 Å². The second kappa shape index (κ2) is 18.2. The number of carbonyl (C=O) groups excluding carboxylic acids is 4. The minimum Gasteiger partial charge on any atom is -0.497 e. The van der Waals surface area contributed by atoms with Crippen LogP contribution in [0.15, 0.2) is 66.7 Å². The number of unbranched alkanes of at least 4 members (excludes halogenated alkanes) is 1. The van der Waals surface area contributed by atoms with E-state index in [0.29, 0.717) is 42.8 Å². The lowest BCUT2D eigenvalue weighted by Gasteiger charge is -2.39. The number of rotatable bonds is 13. The summed E-state index contributed by atoms with van der Waals surface area (Å²) in [4.78, 5) is 58.9. The van der Waals surface area contributed by atoms with E-state index in [2.05, 4.69) is 18.4 Å². The van der Waals surface area contributed by atoms with Gasteiger partial charge in [0, 0.05) is 36.7 Å². The molecule has 3 amide bonds. The first kappa shape index (κ1) is 45.3. The van der Waals surface area contributed by atoms with Crippen molar-refractivity contribution in [2.45, 2.75) is 113 Å². The number of methoxy groups -OCH3 is 2. The molecule has 4 aliphatic rings. The van der Waals surface area contributed by atoms with Gasteiger partial charge in [0.2, 0.25) is 5.91 Å². The molecule has 17 heteroatoms. The first-order valence-electron chi connectivity index (χ1n) is 21.1. The lowest BCUT2D eigenvalue weighted by molar-refractivity contribution is -0.274. The Bertz CT molecular complexity index is 2150. The van der Waals surface area contributed by atoms with Crippen molar-refractivity contribution in [2.24, 2.45) is 5.92 Å². The third-order valence-corrected chi connectivity index (χ3v) is 17.8. The van der Waals surface area contributed by atoms with Gasteiger partial charge in [-0.3, -0.25) is 19.2 Å². The van der Waals surface area contributed by atoms with Gasteiger partial charge in [0.15, 0.2) is 18.0 Å². The zero-order valence-electron chi connectivity index (χ0n) is 35.6. The molecule has 3 aromatic carbocycles. The first-order chi connectivity index (χ1) is 29.6. The number of nitrogens with one attached hydrogen (secondary N) is 1. The van der Waals surface area contributed by atoms with E-state index < -0.39 is 68.4 Å². The van der Waals surface area contributed by atoms with Gasteiger partial charge in [-0.2, -0.15) is 0 Å². The number of carbonyl (C=O) groups is 4. The van der Waals surface area contributed by atoms with Crippen molar-refractivity contribution in [3.63, 3.8) is 0 Å². The van der Waals surface area contributed by atoms with Crippen LogP contribution in [0.5, 0.6) is 5.75 Å². The molecule has 3 aromatic rings. The van der Waals surface area contributed by atoms with E-state index in [0.717, 1.165) is 16.3 Å². The van der Waals surface area contributed by atoms with Crippen molar-refractivity contribution in [1.82, 2.24) is 4.90 Å². The van der Waals surface area contributed by atoms with Crippen LogP contribution >= 0.6 is 0 Å². The molecule has 1 spiro atoms. The van der Waals surface area contributed by atoms with E-state index in [-0.39, 0.29) is 55.0 Å². The number of fused-ring (bicyclic) bond motifs is 3. The van der Waals surface area contributed by atoms with E-state index in [1.807, 2.05) is 55.5 Å². The molecule has 4 aliphatic heterocycles. The van der Waals surface area contributed by atoms with Gasteiger partial charge in [0.05, 0.1) is 53.2 Å². The second-order valence-corrected chi connectivity index (χ2v) is 22.0. The van der Waals surface area contributed by atoms with Gasteiger partial charge in [-0.05, 0) is 66.3 Å². The predicted octanol–water partition coefficient (Wildman–Crippen LogP) is 1.68. The summed E-state index contributed by atoms with van der Waals surface area (Å²) in [5, 5.41) is 55.3. The normalized spacial score (nSPS) is 29.3. The number of ether oxygens (including phenoxy) is 4. The fourth-order valence-corrected chi connectivity index (χ4v) is 14.1. The van der Waals surface area contributed by atoms with E-state index in [1.165, 1.54) is 7.11 Å². The molecular formula is C45H57N3O13Si. The summed E-state index contributed by atoms with van der Waals surface area (Å²) < 4.78 is 22.7. The molecule has 0 radical (unpaired) electrons. The second-order valence-electron chi connectivity index (χ2n) is 17.3. The Hall–Kier alpha value is -4.72. The Labute approximate surface area is 361 Å². The summed E-state index contributed by atoms with van der Waals surface area (Å²) in [6, 6.07) is 20.1. The molecule has 7 rings (SSSR count). The third kappa shape index (κ3) is 8.16. The Morgan fingerprint density at radius 1 is 0.935 bits per heavy atom. The number of anilines is 2. The average Bonchev–Trinajstić information content (AvgIpc) is 3.70. The van der Waals surface area contributed by atoms with Crippen LogP contribution in [0, 0.1) is 5.92 Å². The highest BCUT2D eigenvalue weighted by molar-refractivity contribution is 6.91. The Morgan fingerprint density at radius 2 is 1.65 bits per heavy atom. The summed E-state index contributed by atoms with van der Waals surface area (Å²) in [6.07, 6.45) is -8.54. The fraction of sp³-hybridized carbons (Fsp3) is 0.511. The molecule has 2 fully saturated rings. The molecule has 62 heavy (non-hydrogen) atoms. The molecule has 334 valence electrons. The van der Waals surface area contributed by atoms with Crippen molar-refractivity contribution in [1.29, 1.82) is 0 Å². The zero-order valence-corrected chi connectivity index (χ0v) is 36.6. The first-order valence-corrected chi connectivity index (χ1v) is 24.2. The van der Waals surface area contributed by atoms with Gasteiger partial charge in [0.25, 0.3) is 11.8 Å². The van der Waals surface area contributed by atoms with Crippen molar-refractivity contribution in [3.05, 3.63) is 83.4 Å². The van der Waals surface area contributed by atoms with Gasteiger partial charge in [-0.25, -0.2) is 0 Å². The maximum atomic E-state index is 15.3. The van der Waals surface area contributed by atoms with Gasteiger partial charge in [-0.15, -0.1) is 0 Å². The topological polar surface area (TPSA) is 225 Å². The number of aliphatic hydroxyl groups excluding tert-OH is 5. The van der Waals surface area contributed by atoms with E-state index in [4.69, 9.17) is 18.9 Å². The molecule has 0 unspecified atom stereocenters. The van der Waals surface area contributed by atoms with Crippen LogP contribution in [0.4, 0.5) is 11.4 Å². The minimum absolute atomic E-state index is 0.0758. The van der Waals surface area contributed by atoms with Crippen molar-refractivity contribution < 1.29 is 63.7 Å². The van der Waals surface area contributed by atoms with Crippen LogP contribution in [0.3, 0.4) is 0 Å². The minimum atomic E-state index is -2.72. The molecule has 10 atom stereocenters. The predicted molar refractivity (Wildman–Crippen MR) is 228 cm³/mol. The highest BCUT2D eigenvalue weighted by atomic mass is 28.3. The average molecular weight is 876 g/mol. The van der Waals surface area contributed by atoms with Crippen LogP contribution < -0.4 is 20.1 Å². The summed E-state index contributed by atoms with van der Waals surface area (Å²) >= 11 is 0. The van der Waals surface area contributed by atoms with Gasteiger partial charge >= 0.3 is 5.97 Å². The zero-order chi connectivity index (χ0) is 44.7. The van der Waals surface area contributed by atoms with Gasteiger partial charge in [-0.1, -0.05) is 61.6 Å². The number of esters is 1. The largest absolute Gasteiger partial charge is 0.497 e. The fourth-order valence-electron chi connectivity index (χ4n) is 10.1. The number of hydrogen-bond acceptors (Lipinski definition) is 13. The van der Waals surface area contributed by atoms with Gasteiger partial charge in [0.1, 0.15) is 24.1 Å². The van der Waals surface area contributed by atoms with Crippen LogP contribution in [0.25, 0.3) is 0 Å². The lowest BCUT2D eigenvalue weighted by Crippen LogP contribution is -2.60. The monoisotopic (exact) mass is 875 g/mol. The van der Waals surface area contributed by atoms with E-state index in [1.54, 1.807) is 35.1 Å². The number of benzene rings is 3. The van der Waals surface area contributed by atoms with Crippen LogP contribution in [0.1, 0.15) is 49.3 Å². The Kier molecular flexibility index (Phi) is 13.3. The number of nitrogens with zero attached hydrogens (tertiary/aromatic N) is 2.